The van der Waals surface area contributed by atoms with Crippen molar-refractivity contribution in [2.45, 2.75) is 74.7 Å². The van der Waals surface area contributed by atoms with Crippen LogP contribution in [0.25, 0.3) is 76.3 Å². The van der Waals surface area contributed by atoms with Crippen LogP contribution in [0, 0.1) is 33.8 Å². The number of carbonyl (C=O) groups is 7. The molecule has 130 heavy (non-hydrogen) atoms. The Morgan fingerprint density at radius 1 is 0.308 bits per heavy atom. The standard InChI is InChI=1S/C96H97N17O17/c1-51(2)47-127-79-42-70(92(116)107-62-27-10-20-55-76(124-37-17-34-97)40-68(100-83(55)62)90(114)109-65-30-14-24-59-81(129-49-53(5)6)44-72(104-86(59)65)94(118)112-67-32-12-22-57-78(126-39-19-36-99)46-74(96(120)123-9)106-88(57)67)102-87-60(79)25-15-31-66(87)110-93(117)71-43-80(128-48-52(3)4)58-23-13-29-64(85(58)103-71)108-91(115)69-41-77(125-38-18-35-98)56-21-11-28-63(84(56)101-69)111-95(119)73-45-82(130-50-54(7)8)61-26-16-33-75(113(121)122)89(61)105-73/h10-16,20-33,40-46,51-54H,17-19,34-39,47-50,97-99H2,1-9H3,(H,107,116)(H,108,115)(H,109,114)(H,110,117)(H,111,119)(H,112,118). The molecule has 0 bridgehead atoms. The Morgan fingerprint density at radius 3 is 0.723 bits per heavy atom. The molecule has 0 saturated carbocycles. The van der Waals surface area contributed by atoms with Gasteiger partial charge in [0.05, 0.1) is 126 Å². The number of rotatable bonds is 38. The number of nitro benzene ring substituents is 1. The van der Waals surface area contributed by atoms with Crippen molar-refractivity contribution in [3.63, 3.8) is 0 Å². The van der Waals surface area contributed by atoms with Gasteiger partial charge in [0.2, 0.25) is 0 Å². The minimum atomic E-state index is -0.769. The van der Waals surface area contributed by atoms with E-state index in [2.05, 4.69) is 41.9 Å². The molecule has 7 aromatic heterocycles. The minimum Gasteiger partial charge on any atom is -0.493 e. The summed E-state index contributed by atoms with van der Waals surface area (Å²) >= 11 is 0. The van der Waals surface area contributed by atoms with Crippen LogP contribution < -0.4 is 82.3 Å². The lowest BCUT2D eigenvalue weighted by Gasteiger charge is -2.17. The Hall–Kier alpha value is -15.4. The fourth-order valence-electron chi connectivity index (χ4n) is 13.9. The first-order valence-corrected chi connectivity index (χ1v) is 42.4. The van der Waals surface area contributed by atoms with Crippen LogP contribution >= 0.6 is 0 Å². The number of aromatic nitrogens is 7. The van der Waals surface area contributed by atoms with Crippen molar-refractivity contribution in [3.8, 4) is 40.2 Å². The highest BCUT2D eigenvalue weighted by Gasteiger charge is 2.29. The van der Waals surface area contributed by atoms with E-state index < -0.39 is 46.3 Å². The number of nitro groups is 1. The third kappa shape index (κ3) is 20.8. The highest BCUT2D eigenvalue weighted by atomic mass is 16.6. The molecule has 7 heterocycles. The molecule has 6 amide bonds. The number of fused-ring (bicyclic) bond motifs is 7. The summed E-state index contributed by atoms with van der Waals surface area (Å²) in [6.45, 7) is 18.0. The number of pyridine rings is 7. The van der Waals surface area contributed by atoms with Crippen LogP contribution in [0.5, 0.6) is 40.2 Å². The molecule has 12 N–H and O–H groups in total. The largest absolute Gasteiger partial charge is 0.493 e. The number of benzene rings is 7. The summed E-state index contributed by atoms with van der Waals surface area (Å²) in [6, 6.07) is 44.8. The number of nitrogens with zero attached hydrogens (tertiary/aromatic N) is 8. The van der Waals surface area contributed by atoms with Crippen LogP contribution in [0.2, 0.25) is 0 Å². The summed E-state index contributed by atoms with van der Waals surface area (Å²) in [4.78, 5) is 148. The smallest absolute Gasteiger partial charge is 0.356 e. The maximum Gasteiger partial charge on any atom is 0.356 e. The van der Waals surface area contributed by atoms with E-state index in [0.29, 0.717) is 69.3 Å². The molecule has 0 aliphatic rings. The molecule has 0 saturated heterocycles. The normalized spacial score (nSPS) is 11.4. The van der Waals surface area contributed by atoms with E-state index in [9.17, 15) is 24.5 Å². The summed E-state index contributed by atoms with van der Waals surface area (Å²) in [6.07, 6.45) is 1.40. The van der Waals surface area contributed by atoms with Crippen LogP contribution in [0.3, 0.4) is 0 Å². The van der Waals surface area contributed by atoms with Gasteiger partial charge in [0.15, 0.2) is 11.2 Å². The lowest BCUT2D eigenvalue weighted by molar-refractivity contribution is -0.383. The quantitative estimate of drug-likeness (QED) is 0.00751. The highest BCUT2D eigenvalue weighted by Crippen LogP contribution is 2.41. The monoisotopic (exact) mass is 1760 g/mol. The van der Waals surface area contributed by atoms with Gasteiger partial charge in [0.25, 0.3) is 41.1 Å². The van der Waals surface area contributed by atoms with Crippen molar-refractivity contribution < 1.29 is 76.4 Å². The summed E-state index contributed by atoms with van der Waals surface area (Å²) in [5, 5.41) is 32.9. The number of para-hydroxylation sites is 7. The molecular formula is C96H97N17O17. The number of hydrogen-bond donors (Lipinski definition) is 9. The van der Waals surface area contributed by atoms with Crippen LogP contribution in [-0.2, 0) is 4.74 Å². The van der Waals surface area contributed by atoms with E-state index >= 15 is 19.2 Å². The Labute approximate surface area is 745 Å². The molecule has 34 heteroatoms. The van der Waals surface area contributed by atoms with E-state index in [4.69, 9.17) is 80.0 Å². The van der Waals surface area contributed by atoms with Crippen molar-refractivity contribution in [1.29, 1.82) is 0 Å². The van der Waals surface area contributed by atoms with Gasteiger partial charge in [-0.2, -0.15) is 0 Å². The Balaban J connectivity index is 0.771. The molecule has 34 nitrogen and oxygen atoms in total. The molecule has 7 aromatic carbocycles. The molecule has 0 unspecified atom stereocenters. The zero-order valence-electron chi connectivity index (χ0n) is 72.9. The Bertz CT molecular complexity index is 6750. The molecule has 14 aromatic rings. The molecule has 0 spiro atoms. The first-order valence-electron chi connectivity index (χ1n) is 42.4. The van der Waals surface area contributed by atoms with Crippen molar-refractivity contribution in [2.75, 3.05) is 105 Å². The molecule has 0 fully saturated rings. The number of amides is 6. The number of anilines is 6. The third-order valence-corrected chi connectivity index (χ3v) is 20.2. The van der Waals surface area contributed by atoms with Crippen LogP contribution in [-0.4, -0.2) is 154 Å². The zero-order chi connectivity index (χ0) is 92.0. The van der Waals surface area contributed by atoms with Crippen molar-refractivity contribution in [2.24, 2.45) is 40.9 Å². The van der Waals surface area contributed by atoms with Gasteiger partial charge in [-0.15, -0.1) is 0 Å². The first kappa shape index (κ1) is 90.8. The Morgan fingerprint density at radius 2 is 0.508 bits per heavy atom. The second-order valence-electron chi connectivity index (χ2n) is 32.2. The predicted molar refractivity (Wildman–Crippen MR) is 497 cm³/mol. The number of nitrogens with two attached hydrogens (primary N) is 3. The second-order valence-corrected chi connectivity index (χ2v) is 32.2. The first-order chi connectivity index (χ1) is 62.8. The number of hydrogen-bond acceptors (Lipinski definition) is 27. The van der Waals surface area contributed by atoms with Gasteiger partial charge in [-0.1, -0.05) is 97.9 Å². The number of non-ortho nitro benzene ring substituents is 1. The van der Waals surface area contributed by atoms with E-state index in [-0.39, 0.29) is 236 Å². The number of carbonyl (C=O) groups excluding carboxylic acids is 7. The number of nitrogens with one attached hydrogen (secondary N) is 6. The summed E-state index contributed by atoms with van der Waals surface area (Å²) < 4.78 is 49.0. The fraction of sp³-hybridized carbons (Fsp3) is 0.271. The number of ether oxygens (including phenoxy) is 8. The van der Waals surface area contributed by atoms with Crippen LogP contribution in [0.15, 0.2) is 170 Å². The number of esters is 1. The molecule has 0 radical (unpaired) electrons. The summed E-state index contributed by atoms with van der Waals surface area (Å²) in [5.41, 5.74) is 18.1. The predicted octanol–water partition coefficient (Wildman–Crippen LogP) is 16.1. The van der Waals surface area contributed by atoms with E-state index in [1.165, 1.54) is 61.7 Å². The van der Waals surface area contributed by atoms with Crippen LogP contribution in [0.4, 0.5) is 39.8 Å². The zero-order valence-corrected chi connectivity index (χ0v) is 72.9. The van der Waals surface area contributed by atoms with Crippen LogP contribution in [0.1, 0.15) is 148 Å². The Kier molecular flexibility index (Phi) is 28.6. The van der Waals surface area contributed by atoms with Crippen molar-refractivity contribution in [1.82, 2.24) is 34.9 Å². The van der Waals surface area contributed by atoms with Gasteiger partial charge >= 0.3 is 5.97 Å². The maximum absolute atomic E-state index is 15.2. The van der Waals surface area contributed by atoms with E-state index in [1.54, 1.807) is 115 Å². The number of methoxy groups -OCH3 is 1. The SMILES string of the molecule is COC(=O)c1cc(OCCCN)c2cccc(NC(=O)c3cc(OCC(C)C)c4cccc(NC(=O)c5cc(OCCCN)c6cccc(NC(=O)c7cc(OCC(C)C)c8cccc(NC(=O)c9cc(OCC(C)C)c%10cccc(NC(=O)c%11cc(OCCCN)c%12cccc(NC(=O)c%13cc(OCC(C)C)c%14cccc([N+](=O)[O-])c%14n%13)c%12n%11)c%10n9)c8n7)c6n5)c4n3)c2n1. The van der Waals surface area contributed by atoms with E-state index in [0.717, 1.165) is 0 Å². The second kappa shape index (κ2) is 40.9. The lowest BCUT2D eigenvalue weighted by Crippen LogP contribution is -2.18. The lowest BCUT2D eigenvalue weighted by atomic mass is 10.1. The van der Waals surface area contributed by atoms with Gasteiger partial charge in [-0.25, -0.2) is 39.7 Å². The van der Waals surface area contributed by atoms with Gasteiger partial charge < -0.3 is 87.0 Å². The highest BCUT2D eigenvalue weighted by molar-refractivity contribution is 6.18. The summed E-state index contributed by atoms with van der Waals surface area (Å²) in [5.74, 6) is -3.32. The van der Waals surface area contributed by atoms with Gasteiger partial charge in [0.1, 0.15) is 74.4 Å². The fourth-order valence-corrected chi connectivity index (χ4v) is 13.9. The molecule has 0 aliphatic heterocycles. The molecule has 14 rings (SSSR count). The maximum atomic E-state index is 15.2. The van der Waals surface area contributed by atoms with Crippen molar-refractivity contribution in [3.05, 3.63) is 220 Å². The molecule has 0 atom stereocenters. The average molecular weight is 1760 g/mol. The van der Waals surface area contributed by atoms with Gasteiger partial charge in [-0.05, 0) is 141 Å². The minimum absolute atomic E-state index is 0.00520. The topological polar surface area (TPSA) is 477 Å². The average Bonchev–Trinajstić information content (AvgIpc) is 0.768. The third-order valence-electron chi connectivity index (χ3n) is 20.2. The molecule has 0 aliphatic carbocycles. The molecule has 668 valence electrons. The summed E-state index contributed by atoms with van der Waals surface area (Å²) in [7, 11) is 1.23. The van der Waals surface area contributed by atoms with Crippen molar-refractivity contribution >= 4 is 158 Å². The van der Waals surface area contributed by atoms with Gasteiger partial charge in [-0.3, -0.25) is 38.9 Å². The van der Waals surface area contributed by atoms with Gasteiger partial charge in [0, 0.05) is 86.2 Å². The molecular weight excluding hydrogens is 1660 g/mol. The van der Waals surface area contributed by atoms with E-state index in [1.807, 2.05) is 55.4 Å².